The maximum Gasteiger partial charge on any atom is 0.104 e. The predicted molar refractivity (Wildman–Crippen MR) is 179 cm³/mol. The van der Waals surface area contributed by atoms with Gasteiger partial charge in [0.25, 0.3) is 0 Å². The molecular formula is C30H86O8Y2-2. The second-order valence-electron chi connectivity index (χ2n) is 5.21. The van der Waals surface area contributed by atoms with Crippen molar-refractivity contribution in [3.8, 4) is 0 Å². The normalized spacial score (nSPS) is 10.8. The molecule has 0 aromatic rings. The first-order valence-corrected chi connectivity index (χ1v) is 8.35. The molecule has 0 aromatic carbocycles. The number of hydrogen-bond donors (Lipinski definition) is 2. The second-order valence-corrected chi connectivity index (χ2v) is 5.21. The zero-order valence-electron chi connectivity index (χ0n) is 17.9. The van der Waals surface area contributed by atoms with Gasteiger partial charge in [-0.2, -0.15) is 0 Å². The average molecular weight is 753 g/mol. The van der Waals surface area contributed by atoms with E-state index in [1.807, 2.05) is 0 Å². The van der Waals surface area contributed by atoms with Crippen molar-refractivity contribution < 1.29 is 104 Å². The van der Waals surface area contributed by atoms with E-state index in [-0.39, 0.29) is 180 Å². The summed E-state index contributed by atoms with van der Waals surface area (Å²) in [5, 5.41) is 26.7. The Hall–Kier alpha value is 1.76. The van der Waals surface area contributed by atoms with Gasteiger partial charge in [-0.1, -0.05) is 108 Å². The SMILES string of the molecule is C.C.C.C.C.C.C.C.C.C.C.C.COCC1CO1.COC[CH-]CO.[CH2+]CC([O-])COC.[CH2-]C(CO)COC.[Y].[Y]. The quantitative estimate of drug-likeness (QED) is 0.130. The summed E-state index contributed by atoms with van der Waals surface area (Å²) in [7, 11) is 6.38. The van der Waals surface area contributed by atoms with E-state index in [9.17, 15) is 5.11 Å². The molecule has 0 saturated carbocycles. The summed E-state index contributed by atoms with van der Waals surface area (Å²) in [5.74, 6) is 0.0324. The molecule has 0 aliphatic carbocycles. The fourth-order valence-electron chi connectivity index (χ4n) is 1.08. The summed E-state index contributed by atoms with van der Waals surface area (Å²) >= 11 is 0. The minimum absolute atomic E-state index is 0. The molecule has 1 heterocycles. The van der Waals surface area contributed by atoms with E-state index in [1.165, 1.54) is 7.11 Å². The first kappa shape index (κ1) is 113. The molecule has 8 nitrogen and oxygen atoms in total. The summed E-state index contributed by atoms with van der Waals surface area (Å²) in [4.78, 5) is 0. The van der Waals surface area contributed by atoms with Crippen molar-refractivity contribution in [1.29, 1.82) is 0 Å². The molecule has 3 atom stereocenters. The summed E-state index contributed by atoms with van der Waals surface area (Å²) in [6.07, 6.45) is 1.84. The summed E-state index contributed by atoms with van der Waals surface area (Å²) < 4.78 is 23.3. The second kappa shape index (κ2) is 105. The molecule has 2 N–H and O–H groups in total. The Kier molecular flexibility index (Phi) is 297. The van der Waals surface area contributed by atoms with E-state index in [4.69, 9.17) is 19.7 Å². The molecule has 3 unspecified atom stereocenters. The van der Waals surface area contributed by atoms with Gasteiger partial charge in [-0.25, -0.2) is 0 Å². The molecule has 1 aliphatic heterocycles. The smallest absolute Gasteiger partial charge is 0.104 e. The van der Waals surface area contributed by atoms with Crippen molar-refractivity contribution >= 4 is 0 Å². The first-order chi connectivity index (χ1) is 12.5. The molecule has 262 valence electrons. The maximum absolute atomic E-state index is 10.3. The number of aliphatic hydroxyl groups is 2. The van der Waals surface area contributed by atoms with Crippen LogP contribution in [0.15, 0.2) is 0 Å². The number of hydrogen-bond acceptors (Lipinski definition) is 8. The number of rotatable bonds is 11. The van der Waals surface area contributed by atoms with E-state index >= 15 is 0 Å². The third-order valence-corrected chi connectivity index (χ3v) is 2.50. The van der Waals surface area contributed by atoms with Crippen LogP contribution in [-0.2, 0) is 89.1 Å². The Labute approximate surface area is 310 Å². The minimum Gasteiger partial charge on any atom is -0.847 e. The van der Waals surface area contributed by atoms with Crippen molar-refractivity contribution in [1.82, 2.24) is 0 Å². The molecule has 0 bridgehead atoms. The Bertz CT molecular complexity index is 228. The third kappa shape index (κ3) is 139. The molecule has 1 rings (SSSR count). The molecule has 0 aromatic heterocycles. The van der Waals surface area contributed by atoms with Crippen LogP contribution in [0.2, 0.25) is 0 Å². The third-order valence-electron chi connectivity index (χ3n) is 2.50. The fraction of sp³-hybridized carbons (Fsp3) is 0.900. The van der Waals surface area contributed by atoms with Crippen molar-refractivity contribution in [2.45, 2.75) is 108 Å². The largest absolute Gasteiger partial charge is 0.847 e. The predicted octanol–water partition coefficient (Wildman–Crippen LogP) is 7.15. The van der Waals surface area contributed by atoms with Crippen LogP contribution in [0.25, 0.3) is 0 Å². The van der Waals surface area contributed by atoms with Crippen molar-refractivity contribution in [2.24, 2.45) is 5.92 Å². The number of aliphatic hydroxyl groups excluding tert-OH is 2. The van der Waals surface area contributed by atoms with Crippen LogP contribution in [0.1, 0.15) is 95.5 Å². The Balaban J connectivity index is -0.0000000105. The van der Waals surface area contributed by atoms with Crippen LogP contribution < -0.4 is 5.11 Å². The van der Waals surface area contributed by atoms with Gasteiger partial charge >= 0.3 is 0 Å². The molecule has 2 radical (unpaired) electrons. The Morgan fingerprint density at radius 2 is 1.18 bits per heavy atom. The zero-order chi connectivity index (χ0) is 20.6. The van der Waals surface area contributed by atoms with E-state index in [0.717, 1.165) is 13.2 Å². The average Bonchev–Trinajstić information content (AvgIpc) is 3.46. The van der Waals surface area contributed by atoms with Crippen LogP contribution >= 0.6 is 0 Å². The Morgan fingerprint density at radius 1 is 0.800 bits per heavy atom. The van der Waals surface area contributed by atoms with Gasteiger partial charge in [-0.3, -0.25) is 6.42 Å². The summed E-state index contributed by atoms with van der Waals surface area (Å²) in [6.45, 7) is 10.2. The molecule has 40 heavy (non-hydrogen) atoms. The molecule has 1 aliphatic rings. The van der Waals surface area contributed by atoms with E-state index in [2.05, 4.69) is 28.1 Å². The molecule has 0 amide bonds. The zero-order valence-corrected chi connectivity index (χ0v) is 23.6. The van der Waals surface area contributed by atoms with E-state index < -0.39 is 6.10 Å². The van der Waals surface area contributed by atoms with Crippen molar-refractivity contribution in [2.75, 3.05) is 74.7 Å². The fourth-order valence-corrected chi connectivity index (χ4v) is 1.08. The number of ether oxygens (including phenoxy) is 5. The van der Waals surface area contributed by atoms with Gasteiger partial charge in [0, 0.05) is 114 Å². The van der Waals surface area contributed by atoms with Crippen molar-refractivity contribution in [3.05, 3.63) is 20.3 Å². The van der Waals surface area contributed by atoms with Gasteiger partial charge < -0.3 is 45.9 Å². The van der Waals surface area contributed by atoms with Crippen LogP contribution in [-0.4, -0.2) is 97.1 Å². The maximum atomic E-state index is 10.3. The first-order valence-electron chi connectivity index (χ1n) is 8.35. The molecule has 1 saturated heterocycles. The van der Waals surface area contributed by atoms with Gasteiger partial charge in [-0.05, 0) is 0 Å². The van der Waals surface area contributed by atoms with Crippen LogP contribution in [0.3, 0.4) is 0 Å². The van der Waals surface area contributed by atoms with E-state index in [0.29, 0.717) is 25.7 Å². The van der Waals surface area contributed by atoms with Gasteiger partial charge in [0.1, 0.15) is 6.10 Å². The topological polar surface area (TPSA) is 113 Å². The number of epoxide rings is 1. The van der Waals surface area contributed by atoms with Gasteiger partial charge in [0.2, 0.25) is 0 Å². The van der Waals surface area contributed by atoms with Crippen molar-refractivity contribution in [3.63, 3.8) is 0 Å². The van der Waals surface area contributed by atoms with Crippen LogP contribution in [0.4, 0.5) is 0 Å². The molecule has 10 heteroatoms. The van der Waals surface area contributed by atoms with Crippen LogP contribution in [0, 0.1) is 26.2 Å². The van der Waals surface area contributed by atoms with Gasteiger partial charge in [0.15, 0.2) is 0 Å². The summed E-state index contributed by atoms with van der Waals surface area (Å²) in [6, 6.07) is 0. The monoisotopic (exact) mass is 752 g/mol. The van der Waals surface area contributed by atoms with Gasteiger partial charge in [0.05, 0.1) is 26.6 Å². The Morgan fingerprint density at radius 3 is 1.27 bits per heavy atom. The van der Waals surface area contributed by atoms with Gasteiger partial charge in [-0.15, -0.1) is 5.92 Å². The molecule has 1 fully saturated rings. The summed E-state index contributed by atoms with van der Waals surface area (Å²) in [5.41, 5.74) is 0. The molecular weight excluding hydrogens is 666 g/mol. The molecule has 0 spiro atoms. The van der Waals surface area contributed by atoms with Crippen LogP contribution in [0.5, 0.6) is 0 Å². The van der Waals surface area contributed by atoms with E-state index in [1.54, 1.807) is 27.8 Å². The number of methoxy groups -OCH3 is 4. The standard InChI is InChI=1S/C5H11O2.C5H10O2.C4H8O2.C4H9O2.12CH4.2Y/c1-5(3-6)4-7-2;1-3-5(6)4-7-2;1-5-2-4-3-6-4;1-6-4-2-3-5;;;;;;;;;;;;;;/h5-6H,1,3-4H2,2H3;5H,1,3-4H2,2H3;4H,2-3H2,1H3;2,5H,3-4H2,1H3;12*1H4;;/q-1;;;-1;;;;;;;;;;;;;;. The minimum atomic E-state index is -0.634.